The number of nitrogens with zero attached hydrogens (tertiary/aromatic N) is 2. The fraction of sp³-hybridized carbons (Fsp3) is 0.185. The molecule has 9 nitrogen and oxygen atoms in total. The Morgan fingerprint density at radius 2 is 1.50 bits per heavy atom. The van der Waals surface area contributed by atoms with E-state index in [9.17, 15) is 19.2 Å². The number of carbonyl (C=O) groups is 4. The van der Waals surface area contributed by atoms with Crippen LogP contribution in [0.25, 0.3) is 0 Å². The first kappa shape index (κ1) is 24.5. The van der Waals surface area contributed by atoms with Crippen LogP contribution >= 0.6 is 0 Å². The molecule has 0 saturated carbocycles. The molecule has 0 aliphatic carbocycles. The van der Waals surface area contributed by atoms with Gasteiger partial charge in [-0.05, 0) is 29.8 Å². The first-order valence-corrected chi connectivity index (χ1v) is 11.4. The van der Waals surface area contributed by atoms with Gasteiger partial charge >= 0.3 is 12.0 Å². The third kappa shape index (κ3) is 5.52. The number of hydrogen-bond acceptors (Lipinski definition) is 5. The molecule has 0 radical (unpaired) electrons. The fourth-order valence-electron chi connectivity index (χ4n) is 3.94. The maximum Gasteiger partial charge on any atom is 0.325 e. The predicted octanol–water partition coefficient (Wildman–Crippen LogP) is 2.72. The van der Waals surface area contributed by atoms with Gasteiger partial charge in [0.05, 0.1) is 25.0 Å². The van der Waals surface area contributed by atoms with Gasteiger partial charge in [-0.1, -0.05) is 60.7 Å². The first-order chi connectivity index (χ1) is 17.5. The molecule has 0 fully saturated rings. The van der Waals surface area contributed by atoms with E-state index in [1.807, 2.05) is 30.3 Å². The van der Waals surface area contributed by atoms with Crippen LogP contribution in [0.15, 0.2) is 84.9 Å². The number of para-hydroxylation sites is 2. The molecule has 4 rings (SSSR count). The van der Waals surface area contributed by atoms with E-state index < -0.39 is 29.9 Å². The van der Waals surface area contributed by atoms with Gasteiger partial charge in [0.25, 0.3) is 11.8 Å². The van der Waals surface area contributed by atoms with Gasteiger partial charge in [-0.15, -0.1) is 0 Å². The van der Waals surface area contributed by atoms with E-state index in [4.69, 9.17) is 4.74 Å². The smallest absolute Gasteiger partial charge is 0.325 e. The Morgan fingerprint density at radius 1 is 0.889 bits per heavy atom. The minimum absolute atomic E-state index is 0.132. The quantitative estimate of drug-likeness (QED) is 0.521. The van der Waals surface area contributed by atoms with Crippen molar-refractivity contribution >= 4 is 35.2 Å². The molecule has 184 valence electrons. The molecule has 0 aromatic heterocycles. The highest BCUT2D eigenvalue weighted by Gasteiger charge is 2.37. The van der Waals surface area contributed by atoms with Crippen molar-refractivity contribution in [2.75, 3.05) is 30.0 Å². The zero-order chi connectivity index (χ0) is 25.5. The number of amides is 4. The number of esters is 1. The average Bonchev–Trinajstić information content (AvgIpc) is 3.03. The van der Waals surface area contributed by atoms with Crippen molar-refractivity contribution in [3.8, 4) is 0 Å². The van der Waals surface area contributed by atoms with E-state index in [0.717, 1.165) is 5.56 Å². The van der Waals surface area contributed by atoms with Crippen LogP contribution in [0.5, 0.6) is 0 Å². The lowest BCUT2D eigenvalue weighted by Gasteiger charge is -2.25. The molecular weight excluding hydrogens is 460 g/mol. The average molecular weight is 487 g/mol. The molecule has 0 saturated heterocycles. The van der Waals surface area contributed by atoms with Crippen LogP contribution < -0.4 is 20.4 Å². The number of benzene rings is 3. The highest BCUT2D eigenvalue weighted by atomic mass is 16.5. The van der Waals surface area contributed by atoms with Gasteiger partial charge in [0.2, 0.25) is 0 Å². The lowest BCUT2D eigenvalue weighted by molar-refractivity contribution is -0.140. The standard InChI is InChI=1S/C27H26N4O5/c1-36-24(32)18-30-22-14-8-9-15-23(22)31(27(35)28-16-19-10-4-2-5-11-19)17-21(26(30)34)29-25(33)20-12-6-3-7-13-20/h2-15,21H,16-18H2,1H3,(H,28,35)(H,29,33)/t21-/m0/s1. The SMILES string of the molecule is COC(=O)CN1C(=O)[C@@H](NC(=O)c2ccccc2)CN(C(=O)NCc2ccccc2)c2ccccc21. The summed E-state index contributed by atoms with van der Waals surface area (Å²) in [4.78, 5) is 54.7. The minimum Gasteiger partial charge on any atom is -0.468 e. The zero-order valence-corrected chi connectivity index (χ0v) is 19.7. The third-order valence-corrected chi connectivity index (χ3v) is 5.78. The molecule has 1 aliphatic rings. The number of urea groups is 1. The summed E-state index contributed by atoms with van der Waals surface area (Å²) in [7, 11) is 1.23. The summed E-state index contributed by atoms with van der Waals surface area (Å²) in [6.07, 6.45) is 0. The van der Waals surface area contributed by atoms with Crippen molar-refractivity contribution in [3.05, 3.63) is 96.1 Å². The number of carbonyl (C=O) groups excluding carboxylic acids is 4. The van der Waals surface area contributed by atoms with Crippen LogP contribution in [0.3, 0.4) is 0 Å². The van der Waals surface area contributed by atoms with E-state index in [2.05, 4.69) is 10.6 Å². The van der Waals surface area contributed by atoms with Crippen LogP contribution in [0.4, 0.5) is 16.2 Å². The maximum absolute atomic E-state index is 13.6. The Bertz CT molecular complexity index is 1250. The van der Waals surface area contributed by atoms with Crippen LogP contribution in [0.1, 0.15) is 15.9 Å². The molecule has 2 N–H and O–H groups in total. The number of rotatable bonds is 6. The van der Waals surface area contributed by atoms with Gasteiger partial charge in [0, 0.05) is 12.1 Å². The van der Waals surface area contributed by atoms with E-state index in [1.54, 1.807) is 54.6 Å². The number of nitrogens with one attached hydrogen (secondary N) is 2. The second kappa shape index (κ2) is 11.2. The monoisotopic (exact) mass is 486 g/mol. The van der Waals surface area contributed by atoms with Gasteiger partial charge in [-0.3, -0.25) is 24.2 Å². The molecule has 1 aliphatic heterocycles. The van der Waals surface area contributed by atoms with Crippen molar-refractivity contribution < 1.29 is 23.9 Å². The lowest BCUT2D eigenvalue weighted by atomic mass is 10.1. The molecular formula is C27H26N4O5. The van der Waals surface area contributed by atoms with Gasteiger partial charge in [-0.25, -0.2) is 4.79 Å². The Kier molecular flexibility index (Phi) is 7.60. The van der Waals surface area contributed by atoms with E-state index >= 15 is 0 Å². The number of hydrogen-bond donors (Lipinski definition) is 2. The molecule has 0 bridgehead atoms. The number of anilines is 2. The van der Waals surface area contributed by atoms with E-state index in [1.165, 1.54) is 16.9 Å². The Balaban J connectivity index is 1.67. The molecule has 3 aromatic carbocycles. The highest BCUT2D eigenvalue weighted by Crippen LogP contribution is 2.33. The topological polar surface area (TPSA) is 108 Å². The van der Waals surface area contributed by atoms with Crippen molar-refractivity contribution in [2.24, 2.45) is 0 Å². The summed E-state index contributed by atoms with van der Waals surface area (Å²) in [6.45, 7) is -0.227. The van der Waals surface area contributed by atoms with Crippen LogP contribution in [0.2, 0.25) is 0 Å². The summed E-state index contributed by atoms with van der Waals surface area (Å²) < 4.78 is 4.79. The van der Waals surface area contributed by atoms with Gasteiger partial charge in [0.15, 0.2) is 0 Å². The molecule has 0 unspecified atom stereocenters. The Labute approximate surface area is 208 Å². The maximum atomic E-state index is 13.6. The highest BCUT2D eigenvalue weighted by molar-refractivity contribution is 6.10. The molecule has 9 heteroatoms. The predicted molar refractivity (Wildman–Crippen MR) is 135 cm³/mol. The minimum atomic E-state index is -1.11. The van der Waals surface area contributed by atoms with Crippen molar-refractivity contribution in [1.82, 2.24) is 10.6 Å². The molecule has 1 heterocycles. The van der Waals surface area contributed by atoms with Crippen LogP contribution in [-0.2, 0) is 20.9 Å². The Morgan fingerprint density at radius 3 is 2.17 bits per heavy atom. The van der Waals surface area contributed by atoms with Crippen molar-refractivity contribution in [2.45, 2.75) is 12.6 Å². The first-order valence-electron chi connectivity index (χ1n) is 11.4. The summed E-state index contributed by atoms with van der Waals surface area (Å²) in [5, 5.41) is 5.61. The summed E-state index contributed by atoms with van der Waals surface area (Å²) in [5.74, 6) is -1.63. The van der Waals surface area contributed by atoms with Crippen molar-refractivity contribution in [3.63, 3.8) is 0 Å². The fourth-order valence-corrected chi connectivity index (χ4v) is 3.94. The number of fused-ring (bicyclic) bond motifs is 1. The van der Waals surface area contributed by atoms with Crippen molar-refractivity contribution in [1.29, 1.82) is 0 Å². The molecule has 36 heavy (non-hydrogen) atoms. The van der Waals surface area contributed by atoms with E-state index in [-0.39, 0.29) is 19.6 Å². The summed E-state index contributed by atoms with van der Waals surface area (Å²) >= 11 is 0. The summed E-state index contributed by atoms with van der Waals surface area (Å²) in [5.41, 5.74) is 2.06. The Hall–Kier alpha value is -4.66. The third-order valence-electron chi connectivity index (χ3n) is 5.78. The zero-order valence-electron chi connectivity index (χ0n) is 19.7. The second-order valence-electron chi connectivity index (χ2n) is 8.14. The second-order valence-corrected chi connectivity index (χ2v) is 8.14. The molecule has 3 aromatic rings. The molecule has 4 amide bonds. The van der Waals surface area contributed by atoms with Crippen LogP contribution in [-0.4, -0.2) is 50.1 Å². The number of ether oxygens (including phenoxy) is 1. The van der Waals surface area contributed by atoms with Gasteiger partial charge in [-0.2, -0.15) is 0 Å². The summed E-state index contributed by atoms with van der Waals surface area (Å²) in [6, 6.07) is 23.1. The van der Waals surface area contributed by atoms with Crippen LogP contribution in [0, 0.1) is 0 Å². The molecule has 1 atom stereocenters. The van der Waals surface area contributed by atoms with Gasteiger partial charge in [0.1, 0.15) is 12.6 Å². The van der Waals surface area contributed by atoms with Gasteiger partial charge < -0.3 is 15.4 Å². The lowest BCUT2D eigenvalue weighted by Crippen LogP contribution is -2.54. The normalized spacial score (nSPS) is 14.9. The van der Waals surface area contributed by atoms with E-state index in [0.29, 0.717) is 16.9 Å². The largest absolute Gasteiger partial charge is 0.468 e. The molecule has 0 spiro atoms. The number of methoxy groups -OCH3 is 1.